The molecule has 6 rings (SSSR count). The van der Waals surface area contributed by atoms with Crippen LogP contribution >= 0.6 is 11.8 Å². The number of nitrogens with one attached hydrogen (secondary N) is 3. The van der Waals surface area contributed by atoms with Gasteiger partial charge in [0, 0.05) is 17.9 Å². The molecule has 4 aliphatic rings. The van der Waals surface area contributed by atoms with E-state index in [9.17, 15) is 14.4 Å². The molecule has 2 aliphatic carbocycles. The highest BCUT2D eigenvalue weighted by Gasteiger charge is 2.44. The van der Waals surface area contributed by atoms with Crippen LogP contribution < -0.4 is 16.0 Å². The van der Waals surface area contributed by atoms with Crippen molar-refractivity contribution in [2.45, 2.75) is 119 Å². The molecule has 2 heterocycles. The van der Waals surface area contributed by atoms with Crippen molar-refractivity contribution in [2.75, 3.05) is 19.3 Å². The quantitative estimate of drug-likeness (QED) is 0.254. The molecule has 2 unspecified atom stereocenters. The Bertz CT molecular complexity index is 1340. The summed E-state index contributed by atoms with van der Waals surface area (Å²) in [5.74, 6) is 2.35. The van der Waals surface area contributed by atoms with Crippen molar-refractivity contribution in [3.8, 4) is 0 Å². The Morgan fingerprint density at radius 3 is 2.32 bits per heavy atom. The van der Waals surface area contributed by atoms with Crippen molar-refractivity contribution < 1.29 is 14.4 Å². The third kappa shape index (κ3) is 8.31. The van der Waals surface area contributed by atoms with Gasteiger partial charge in [0.25, 0.3) is 0 Å². The summed E-state index contributed by atoms with van der Waals surface area (Å²) in [5.41, 5.74) is 3.56. The summed E-state index contributed by atoms with van der Waals surface area (Å²) in [6.45, 7) is 2.54. The summed E-state index contributed by atoms with van der Waals surface area (Å²) in [4.78, 5) is 42.7. The fourth-order valence-corrected chi connectivity index (χ4v) is 9.86. The summed E-state index contributed by atoms with van der Waals surface area (Å²) >= 11 is 1.76. The van der Waals surface area contributed by atoms with Crippen LogP contribution in [0.3, 0.4) is 0 Å². The first-order chi connectivity index (χ1) is 22.9. The molecule has 0 aromatic heterocycles. The Balaban J connectivity index is 1.02. The average molecular weight is 659 g/mol. The number of thioether (sulfide) groups is 1. The lowest BCUT2D eigenvalue weighted by atomic mass is 9.76. The smallest absolute Gasteiger partial charge is 0.245 e. The van der Waals surface area contributed by atoms with Crippen molar-refractivity contribution >= 4 is 29.4 Å². The molecular formula is C39H54N4O3S. The number of hydrogen-bond acceptors (Lipinski definition) is 6. The van der Waals surface area contributed by atoms with E-state index in [0.717, 1.165) is 50.5 Å². The number of rotatable bonds is 11. The molecule has 8 heteroatoms. The molecule has 5 atom stereocenters. The maximum Gasteiger partial charge on any atom is 0.245 e. The van der Waals surface area contributed by atoms with Crippen LogP contribution in [0.15, 0.2) is 54.6 Å². The third-order valence-electron chi connectivity index (χ3n) is 11.4. The normalized spacial score (nSPS) is 28.1. The molecule has 47 heavy (non-hydrogen) atoms. The van der Waals surface area contributed by atoms with Gasteiger partial charge in [-0.05, 0) is 101 Å². The molecule has 0 radical (unpaired) electrons. The molecule has 254 valence electrons. The zero-order valence-electron chi connectivity index (χ0n) is 28.3. The van der Waals surface area contributed by atoms with Gasteiger partial charge in [0.05, 0.1) is 23.5 Å². The van der Waals surface area contributed by atoms with E-state index in [1.165, 1.54) is 43.2 Å². The first-order valence-electron chi connectivity index (χ1n) is 18.2. The van der Waals surface area contributed by atoms with Crippen molar-refractivity contribution in [1.29, 1.82) is 0 Å². The fourth-order valence-electron chi connectivity index (χ4n) is 8.45. The first kappa shape index (κ1) is 34.2. The molecule has 7 nitrogen and oxygen atoms in total. The van der Waals surface area contributed by atoms with Crippen LogP contribution in [0.2, 0.25) is 0 Å². The summed E-state index contributed by atoms with van der Waals surface area (Å²) in [7, 11) is 1.77. The van der Waals surface area contributed by atoms with Crippen LogP contribution in [0.5, 0.6) is 0 Å². The predicted octanol–water partition coefficient (Wildman–Crippen LogP) is 6.08. The second kappa shape index (κ2) is 16.1. The van der Waals surface area contributed by atoms with Crippen LogP contribution in [0.4, 0.5) is 0 Å². The minimum atomic E-state index is -0.486. The Morgan fingerprint density at radius 1 is 0.894 bits per heavy atom. The minimum Gasteiger partial charge on any atom is -0.343 e. The fraction of sp³-hybridized carbons (Fsp3) is 0.615. The standard InChI is InChI=1S/C39H54N4O3S/c1-26(40-2)37(45)42-35(31-12-7-4-8-13-31)39(46)43-23-9-14-34(43)38-41-33(25-47-38)36(44)32-21-17-28(18-22-32)24-27-15-19-30(20-16-27)29-10-5-3-6-11-29/h3,5-6,10-11,17-18,21-22,26-27,30-31,33-35,38,40-41H,4,7-9,12-16,19-20,23-25H2,1-2H3,(H,42,45)/t26-,27?,30?,33?,34-,35-,38?/m0/s1. The van der Waals surface area contributed by atoms with Gasteiger partial charge in [0.2, 0.25) is 11.8 Å². The predicted molar refractivity (Wildman–Crippen MR) is 191 cm³/mol. The zero-order valence-corrected chi connectivity index (χ0v) is 29.1. The maximum atomic E-state index is 14.1. The number of likely N-dealkylation sites (N-methyl/N-ethyl adjacent to an activating group) is 1. The highest BCUT2D eigenvalue weighted by molar-refractivity contribution is 8.00. The number of carbonyl (C=O) groups is 3. The molecule has 0 spiro atoms. The Morgan fingerprint density at radius 2 is 1.62 bits per heavy atom. The van der Waals surface area contributed by atoms with E-state index < -0.39 is 6.04 Å². The van der Waals surface area contributed by atoms with E-state index in [4.69, 9.17) is 0 Å². The second-order valence-corrected chi connectivity index (χ2v) is 15.7. The minimum absolute atomic E-state index is 0.0135. The van der Waals surface area contributed by atoms with Gasteiger partial charge in [-0.25, -0.2) is 0 Å². The second-order valence-electron chi connectivity index (χ2n) is 14.5. The molecule has 2 aromatic rings. The summed E-state index contributed by atoms with van der Waals surface area (Å²) in [6, 6.07) is 18.2. The number of nitrogens with zero attached hydrogens (tertiary/aromatic N) is 1. The van der Waals surface area contributed by atoms with Crippen LogP contribution in [0.1, 0.15) is 105 Å². The van der Waals surface area contributed by atoms with Crippen LogP contribution in [0.25, 0.3) is 0 Å². The van der Waals surface area contributed by atoms with Gasteiger partial charge >= 0.3 is 0 Å². The number of carbonyl (C=O) groups excluding carboxylic acids is 3. The number of Topliss-reactive ketones (excluding diaryl/α,β-unsaturated/α-hetero) is 1. The molecule has 0 bridgehead atoms. The van der Waals surface area contributed by atoms with Crippen molar-refractivity contribution in [3.63, 3.8) is 0 Å². The van der Waals surface area contributed by atoms with Gasteiger partial charge in [-0.15, -0.1) is 11.8 Å². The number of hydrogen-bond donors (Lipinski definition) is 3. The summed E-state index contributed by atoms with van der Waals surface area (Å²) in [6.07, 6.45) is 13.3. The molecule has 4 fully saturated rings. The van der Waals surface area contributed by atoms with E-state index in [1.54, 1.807) is 18.8 Å². The topological polar surface area (TPSA) is 90.5 Å². The van der Waals surface area contributed by atoms with Crippen molar-refractivity contribution in [1.82, 2.24) is 20.9 Å². The molecule has 2 amide bonds. The van der Waals surface area contributed by atoms with E-state index in [0.29, 0.717) is 24.1 Å². The Kier molecular flexibility index (Phi) is 11.7. The SMILES string of the molecule is CN[C@@H](C)C(=O)N[C@H](C(=O)N1CCC[C@H]1C1NC(C(=O)c2ccc(CC3CCC(c4ccccc4)CC3)cc2)CS1)C1CCCCC1. The monoisotopic (exact) mass is 658 g/mol. The summed E-state index contributed by atoms with van der Waals surface area (Å²) < 4.78 is 0. The lowest BCUT2D eigenvalue weighted by Gasteiger charge is -2.37. The maximum absolute atomic E-state index is 14.1. The number of ketones is 1. The number of likely N-dealkylation sites (tertiary alicyclic amines) is 1. The third-order valence-corrected chi connectivity index (χ3v) is 12.8. The Hall–Kier alpha value is -2.68. The van der Waals surface area contributed by atoms with Crippen LogP contribution in [-0.2, 0) is 16.0 Å². The highest BCUT2D eigenvalue weighted by Crippen LogP contribution is 2.37. The van der Waals surface area contributed by atoms with Gasteiger partial charge in [-0.3, -0.25) is 19.7 Å². The molecule has 2 saturated carbocycles. The van der Waals surface area contributed by atoms with Gasteiger partial charge < -0.3 is 15.5 Å². The Labute approximate surface area is 285 Å². The highest BCUT2D eigenvalue weighted by atomic mass is 32.2. The lowest BCUT2D eigenvalue weighted by Crippen LogP contribution is -2.58. The van der Waals surface area contributed by atoms with Gasteiger partial charge in [0.15, 0.2) is 5.78 Å². The zero-order chi connectivity index (χ0) is 32.8. The molecule has 2 aromatic carbocycles. The van der Waals surface area contributed by atoms with Gasteiger partial charge in [-0.1, -0.05) is 73.9 Å². The van der Waals surface area contributed by atoms with Crippen LogP contribution in [-0.4, -0.2) is 71.4 Å². The average Bonchev–Trinajstić information content (AvgIpc) is 3.82. The van der Waals surface area contributed by atoms with Crippen molar-refractivity contribution in [2.24, 2.45) is 11.8 Å². The van der Waals surface area contributed by atoms with E-state index >= 15 is 0 Å². The molecular weight excluding hydrogens is 605 g/mol. The van der Waals surface area contributed by atoms with Gasteiger partial charge in [-0.2, -0.15) is 0 Å². The molecule has 2 aliphatic heterocycles. The number of benzene rings is 2. The largest absolute Gasteiger partial charge is 0.343 e. The van der Waals surface area contributed by atoms with Crippen LogP contribution in [0, 0.1) is 11.8 Å². The van der Waals surface area contributed by atoms with Gasteiger partial charge in [0.1, 0.15) is 6.04 Å². The van der Waals surface area contributed by atoms with E-state index in [1.807, 2.05) is 24.0 Å². The molecule has 2 saturated heterocycles. The van der Waals surface area contributed by atoms with Crippen molar-refractivity contribution in [3.05, 3.63) is 71.3 Å². The molecule has 3 N–H and O–H groups in total. The first-order valence-corrected chi connectivity index (χ1v) is 19.3. The van der Waals surface area contributed by atoms with E-state index in [-0.39, 0.29) is 47.0 Å². The number of amides is 2. The lowest BCUT2D eigenvalue weighted by molar-refractivity contribution is -0.139. The summed E-state index contributed by atoms with van der Waals surface area (Å²) in [5, 5.41) is 9.78. The van der Waals surface area contributed by atoms with E-state index in [2.05, 4.69) is 58.4 Å².